The van der Waals surface area contributed by atoms with E-state index in [4.69, 9.17) is 16.3 Å². The summed E-state index contributed by atoms with van der Waals surface area (Å²) in [6.07, 6.45) is 0. The van der Waals surface area contributed by atoms with Crippen molar-refractivity contribution in [1.82, 2.24) is 0 Å². The summed E-state index contributed by atoms with van der Waals surface area (Å²) in [5.74, 6) is -1.55. The van der Waals surface area contributed by atoms with Crippen molar-refractivity contribution in [2.45, 2.75) is 4.90 Å². The number of nitrogens with one attached hydrogen (secondary N) is 1. The largest absolute Gasteiger partial charge is 0.494 e. The first-order valence-corrected chi connectivity index (χ1v) is 7.51. The average molecular weight is 334 g/mol. The van der Waals surface area contributed by atoms with E-state index in [-0.39, 0.29) is 21.4 Å². The van der Waals surface area contributed by atoms with Crippen LogP contribution in [-0.4, -0.2) is 15.5 Å². The van der Waals surface area contributed by atoms with Gasteiger partial charge in [-0.1, -0.05) is 11.6 Å². The van der Waals surface area contributed by atoms with Crippen LogP contribution in [0.15, 0.2) is 41.3 Å². The Labute approximate surface area is 125 Å². The minimum absolute atomic E-state index is 0.0672. The molecule has 0 amide bonds. The van der Waals surface area contributed by atoms with Gasteiger partial charge in [0.25, 0.3) is 10.0 Å². The van der Waals surface area contributed by atoms with Crippen LogP contribution in [0.25, 0.3) is 0 Å². The van der Waals surface area contributed by atoms with Crippen LogP contribution < -0.4 is 9.46 Å². The molecule has 2 rings (SSSR count). The average Bonchev–Trinajstić information content (AvgIpc) is 2.42. The fourth-order valence-electron chi connectivity index (χ4n) is 1.59. The molecule has 4 nitrogen and oxygen atoms in total. The van der Waals surface area contributed by atoms with E-state index in [0.717, 1.165) is 18.2 Å². The number of hydrogen-bond donors (Lipinski definition) is 1. The van der Waals surface area contributed by atoms with Crippen LogP contribution in [0.2, 0.25) is 5.02 Å². The zero-order valence-corrected chi connectivity index (χ0v) is 12.3. The van der Waals surface area contributed by atoms with Crippen LogP contribution in [0.5, 0.6) is 5.75 Å². The van der Waals surface area contributed by atoms with E-state index < -0.39 is 21.7 Å². The van der Waals surface area contributed by atoms with Crippen molar-refractivity contribution in [3.05, 3.63) is 53.1 Å². The summed E-state index contributed by atoms with van der Waals surface area (Å²) in [5.41, 5.74) is 0.0672. The van der Waals surface area contributed by atoms with Crippen LogP contribution in [0, 0.1) is 11.6 Å². The third-order valence-electron chi connectivity index (χ3n) is 2.61. The fourth-order valence-corrected chi connectivity index (χ4v) is 2.83. The van der Waals surface area contributed by atoms with Crippen LogP contribution in [-0.2, 0) is 10.0 Å². The first-order valence-electron chi connectivity index (χ1n) is 5.65. The molecule has 0 fully saturated rings. The Balaban J connectivity index is 2.33. The predicted octanol–water partition coefficient (Wildman–Crippen LogP) is 3.43. The summed E-state index contributed by atoms with van der Waals surface area (Å²) in [7, 11) is -2.75. The highest BCUT2D eigenvalue weighted by Gasteiger charge is 2.17. The lowest BCUT2D eigenvalue weighted by molar-refractivity contribution is 0.385. The van der Waals surface area contributed by atoms with Gasteiger partial charge < -0.3 is 4.74 Å². The maximum atomic E-state index is 13.5. The van der Waals surface area contributed by atoms with Crippen LogP contribution in [0.1, 0.15) is 0 Å². The normalized spacial score (nSPS) is 11.2. The third-order valence-corrected chi connectivity index (χ3v) is 4.27. The molecule has 2 aromatic carbocycles. The molecule has 1 N–H and O–H groups in total. The monoisotopic (exact) mass is 333 g/mol. The Morgan fingerprint density at radius 1 is 1.10 bits per heavy atom. The molecule has 0 aliphatic carbocycles. The van der Waals surface area contributed by atoms with E-state index >= 15 is 0 Å². The first kappa shape index (κ1) is 15.5. The van der Waals surface area contributed by atoms with Gasteiger partial charge in [-0.2, -0.15) is 0 Å². The van der Waals surface area contributed by atoms with Crippen LogP contribution >= 0.6 is 11.6 Å². The van der Waals surface area contributed by atoms with Crippen molar-refractivity contribution in [2.75, 3.05) is 11.8 Å². The Hall–Kier alpha value is -1.86. The van der Waals surface area contributed by atoms with E-state index in [9.17, 15) is 17.2 Å². The van der Waals surface area contributed by atoms with E-state index in [1.54, 1.807) is 0 Å². The minimum Gasteiger partial charge on any atom is -0.494 e. The summed E-state index contributed by atoms with van der Waals surface area (Å²) in [6, 6.07) is 6.56. The van der Waals surface area contributed by atoms with Gasteiger partial charge in [0.2, 0.25) is 0 Å². The highest BCUT2D eigenvalue weighted by molar-refractivity contribution is 7.92. The van der Waals surface area contributed by atoms with E-state index in [1.807, 2.05) is 0 Å². The lowest BCUT2D eigenvalue weighted by Gasteiger charge is -2.10. The summed E-state index contributed by atoms with van der Waals surface area (Å²) in [4.78, 5) is -0.291. The second-order valence-corrected chi connectivity index (χ2v) is 6.12. The topological polar surface area (TPSA) is 55.4 Å². The molecule has 0 bridgehead atoms. The zero-order valence-electron chi connectivity index (χ0n) is 10.7. The van der Waals surface area contributed by atoms with E-state index in [1.165, 1.54) is 25.3 Å². The van der Waals surface area contributed by atoms with E-state index in [0.29, 0.717) is 0 Å². The SMILES string of the molecule is COc1ccc(S(=O)(=O)Nc2ccc(F)c(Cl)c2)cc1F. The highest BCUT2D eigenvalue weighted by Crippen LogP contribution is 2.24. The van der Waals surface area contributed by atoms with Crippen molar-refractivity contribution < 1.29 is 21.9 Å². The second kappa shape index (κ2) is 5.87. The number of rotatable bonds is 4. The Bertz CT molecular complexity index is 781. The van der Waals surface area contributed by atoms with Gasteiger partial charge >= 0.3 is 0 Å². The second-order valence-electron chi connectivity index (χ2n) is 4.03. The van der Waals surface area contributed by atoms with Crippen molar-refractivity contribution >= 4 is 27.3 Å². The quantitative estimate of drug-likeness (QED) is 0.932. The zero-order chi connectivity index (χ0) is 15.6. The number of halogens is 3. The molecule has 0 spiro atoms. The summed E-state index contributed by atoms with van der Waals surface area (Å²) in [6.45, 7) is 0. The fraction of sp³-hybridized carbons (Fsp3) is 0.0769. The van der Waals surface area contributed by atoms with Crippen molar-refractivity contribution in [3.63, 3.8) is 0 Å². The predicted molar refractivity (Wildman–Crippen MR) is 75.2 cm³/mol. The molecule has 0 saturated carbocycles. The van der Waals surface area contributed by atoms with Gasteiger partial charge in [-0.3, -0.25) is 4.72 Å². The molecule has 0 atom stereocenters. The van der Waals surface area contributed by atoms with Gasteiger partial charge in [0.05, 0.1) is 22.7 Å². The summed E-state index contributed by atoms with van der Waals surface area (Å²) < 4.78 is 57.6. The number of sulfonamides is 1. The van der Waals surface area contributed by atoms with Gasteiger partial charge in [0, 0.05) is 0 Å². The first-order chi connectivity index (χ1) is 9.83. The van der Waals surface area contributed by atoms with Gasteiger partial charge in [-0.05, 0) is 36.4 Å². The Morgan fingerprint density at radius 3 is 2.38 bits per heavy atom. The molecule has 0 aliphatic heterocycles. The van der Waals surface area contributed by atoms with Crippen LogP contribution in [0.3, 0.4) is 0 Å². The minimum atomic E-state index is -4.02. The summed E-state index contributed by atoms with van der Waals surface area (Å²) >= 11 is 5.57. The van der Waals surface area contributed by atoms with Crippen molar-refractivity contribution in [3.8, 4) is 5.75 Å². The molecule has 0 heterocycles. The number of benzene rings is 2. The highest BCUT2D eigenvalue weighted by atomic mass is 35.5. The van der Waals surface area contributed by atoms with Gasteiger partial charge in [-0.15, -0.1) is 0 Å². The maximum Gasteiger partial charge on any atom is 0.262 e. The smallest absolute Gasteiger partial charge is 0.262 e. The number of anilines is 1. The molecule has 21 heavy (non-hydrogen) atoms. The molecule has 112 valence electrons. The molecular weight excluding hydrogens is 324 g/mol. The number of ether oxygens (including phenoxy) is 1. The van der Waals surface area contributed by atoms with Gasteiger partial charge in [-0.25, -0.2) is 17.2 Å². The molecule has 0 unspecified atom stereocenters. The maximum absolute atomic E-state index is 13.5. The van der Waals surface area contributed by atoms with Gasteiger partial charge in [0.1, 0.15) is 5.82 Å². The van der Waals surface area contributed by atoms with Gasteiger partial charge in [0.15, 0.2) is 11.6 Å². The molecule has 2 aromatic rings. The third kappa shape index (κ3) is 3.43. The van der Waals surface area contributed by atoms with Crippen molar-refractivity contribution in [1.29, 1.82) is 0 Å². The molecule has 0 aliphatic rings. The molecular formula is C13H10ClF2NO3S. The van der Waals surface area contributed by atoms with E-state index in [2.05, 4.69) is 4.72 Å². The lowest BCUT2D eigenvalue weighted by Crippen LogP contribution is -2.13. The number of methoxy groups -OCH3 is 1. The molecule has 8 heteroatoms. The lowest BCUT2D eigenvalue weighted by atomic mass is 10.3. The summed E-state index contributed by atoms with van der Waals surface area (Å²) in [5, 5.41) is -0.226. The van der Waals surface area contributed by atoms with Crippen LogP contribution in [0.4, 0.5) is 14.5 Å². The standard InChI is InChI=1S/C13H10ClF2NO3S/c1-20-13-5-3-9(7-12(13)16)21(18,19)17-8-2-4-11(15)10(14)6-8/h2-7,17H,1H3. The molecule has 0 aromatic heterocycles. The Morgan fingerprint density at radius 2 is 1.81 bits per heavy atom. The molecule has 0 saturated heterocycles. The number of hydrogen-bond acceptors (Lipinski definition) is 3. The molecule has 0 radical (unpaired) electrons. The van der Waals surface area contributed by atoms with Crippen molar-refractivity contribution in [2.24, 2.45) is 0 Å². The Kier molecular flexibility index (Phi) is 4.34.